The van der Waals surface area contributed by atoms with Gasteiger partial charge in [0.25, 0.3) is 17.5 Å². The molecule has 0 aliphatic heterocycles. The maximum atomic E-state index is 13.9. The number of nitrogens with one attached hydrogen (secondary N) is 1. The summed E-state index contributed by atoms with van der Waals surface area (Å²) in [6, 6.07) is 16.0. The van der Waals surface area contributed by atoms with Gasteiger partial charge in [0.2, 0.25) is 0 Å². The molecule has 31 heavy (non-hydrogen) atoms. The van der Waals surface area contributed by atoms with Gasteiger partial charge in [0.15, 0.2) is 0 Å². The number of hydrogen-bond acceptors (Lipinski definition) is 4. The van der Waals surface area contributed by atoms with Crippen molar-refractivity contribution in [2.45, 2.75) is 6.54 Å². The summed E-state index contributed by atoms with van der Waals surface area (Å²) in [6.07, 6.45) is 0. The van der Waals surface area contributed by atoms with Crippen LogP contribution in [0.15, 0.2) is 66.7 Å². The molecule has 3 aromatic rings. The number of para-hydroxylation sites is 1. The van der Waals surface area contributed by atoms with Crippen LogP contribution in [0.2, 0.25) is 5.02 Å². The molecule has 0 fully saturated rings. The second-order valence-electron chi connectivity index (χ2n) is 6.67. The molecule has 7 nitrogen and oxygen atoms in total. The number of anilines is 1. The van der Waals surface area contributed by atoms with E-state index >= 15 is 0 Å². The van der Waals surface area contributed by atoms with Gasteiger partial charge in [-0.2, -0.15) is 0 Å². The van der Waals surface area contributed by atoms with Gasteiger partial charge in [0.05, 0.1) is 26.8 Å². The molecule has 0 radical (unpaired) electrons. The van der Waals surface area contributed by atoms with Crippen molar-refractivity contribution in [2.75, 3.05) is 12.4 Å². The molecule has 0 bridgehead atoms. The molecule has 1 N–H and O–H groups in total. The first-order valence-corrected chi connectivity index (χ1v) is 9.49. The van der Waals surface area contributed by atoms with E-state index in [0.29, 0.717) is 5.56 Å². The van der Waals surface area contributed by atoms with Gasteiger partial charge in [0.1, 0.15) is 5.82 Å². The Morgan fingerprint density at radius 3 is 2.42 bits per heavy atom. The first kappa shape index (κ1) is 21.9. The molecule has 3 aromatic carbocycles. The van der Waals surface area contributed by atoms with Crippen LogP contribution in [0.25, 0.3) is 0 Å². The summed E-state index contributed by atoms with van der Waals surface area (Å²) in [4.78, 5) is 37.2. The van der Waals surface area contributed by atoms with Gasteiger partial charge in [-0.05, 0) is 24.3 Å². The van der Waals surface area contributed by atoms with Gasteiger partial charge in [-0.25, -0.2) is 4.39 Å². The number of carbonyl (C=O) groups excluding carboxylic acids is 2. The Morgan fingerprint density at radius 2 is 1.74 bits per heavy atom. The Hall–Kier alpha value is -3.78. The predicted molar refractivity (Wildman–Crippen MR) is 115 cm³/mol. The summed E-state index contributed by atoms with van der Waals surface area (Å²) in [7, 11) is 1.53. The molecule has 158 valence electrons. The van der Waals surface area contributed by atoms with E-state index in [2.05, 4.69) is 5.32 Å². The average molecular weight is 442 g/mol. The van der Waals surface area contributed by atoms with Gasteiger partial charge < -0.3 is 10.2 Å². The fourth-order valence-corrected chi connectivity index (χ4v) is 3.19. The van der Waals surface area contributed by atoms with Gasteiger partial charge in [0, 0.05) is 31.3 Å². The number of carbonyl (C=O) groups is 2. The van der Waals surface area contributed by atoms with Gasteiger partial charge in [-0.3, -0.25) is 19.7 Å². The Kier molecular flexibility index (Phi) is 6.61. The lowest BCUT2D eigenvalue weighted by Gasteiger charge is -2.20. The third-order valence-corrected chi connectivity index (χ3v) is 4.84. The minimum Gasteiger partial charge on any atom is -0.337 e. The molecular formula is C22H17ClFN3O4. The van der Waals surface area contributed by atoms with E-state index in [1.807, 2.05) is 0 Å². The van der Waals surface area contributed by atoms with E-state index in [-0.39, 0.29) is 34.1 Å². The van der Waals surface area contributed by atoms with Crippen LogP contribution in [-0.2, 0) is 6.54 Å². The number of halogens is 2. The van der Waals surface area contributed by atoms with E-state index in [1.54, 1.807) is 36.4 Å². The Morgan fingerprint density at radius 1 is 1.06 bits per heavy atom. The fourth-order valence-electron chi connectivity index (χ4n) is 2.93. The lowest BCUT2D eigenvalue weighted by molar-refractivity contribution is -0.384. The SMILES string of the molecule is CN(Cc1ccccc1F)C(=O)c1ccccc1NC(=O)c1ccc([N+](=O)[O-])cc1Cl. The Bertz CT molecular complexity index is 1170. The number of benzene rings is 3. The lowest BCUT2D eigenvalue weighted by Crippen LogP contribution is -2.28. The lowest BCUT2D eigenvalue weighted by atomic mass is 10.1. The molecule has 0 aromatic heterocycles. The highest BCUT2D eigenvalue weighted by Crippen LogP contribution is 2.25. The molecule has 0 heterocycles. The number of non-ortho nitro benzene ring substituents is 1. The molecule has 9 heteroatoms. The van der Waals surface area contributed by atoms with Crippen LogP contribution in [0.1, 0.15) is 26.3 Å². The predicted octanol–water partition coefficient (Wildman–Crippen LogP) is 4.91. The zero-order valence-corrected chi connectivity index (χ0v) is 17.1. The summed E-state index contributed by atoms with van der Waals surface area (Å²) < 4.78 is 13.9. The summed E-state index contributed by atoms with van der Waals surface area (Å²) >= 11 is 6.02. The fraction of sp³-hybridized carbons (Fsp3) is 0.0909. The van der Waals surface area contributed by atoms with Gasteiger partial charge >= 0.3 is 0 Å². The first-order valence-electron chi connectivity index (χ1n) is 9.11. The second-order valence-corrected chi connectivity index (χ2v) is 7.08. The minimum absolute atomic E-state index is 0.0224. The highest BCUT2D eigenvalue weighted by molar-refractivity contribution is 6.34. The smallest absolute Gasteiger partial charge is 0.270 e. The van der Waals surface area contributed by atoms with Crippen LogP contribution in [0.4, 0.5) is 15.8 Å². The molecule has 0 spiro atoms. The van der Waals surface area contributed by atoms with E-state index in [0.717, 1.165) is 6.07 Å². The first-order chi connectivity index (χ1) is 14.8. The summed E-state index contributed by atoms with van der Waals surface area (Å²) in [5.41, 5.74) is 0.568. The molecule has 0 aliphatic carbocycles. The van der Waals surface area contributed by atoms with Crippen molar-refractivity contribution in [2.24, 2.45) is 0 Å². The maximum absolute atomic E-state index is 13.9. The van der Waals surface area contributed by atoms with Crippen molar-refractivity contribution >= 4 is 34.8 Å². The largest absolute Gasteiger partial charge is 0.337 e. The third-order valence-electron chi connectivity index (χ3n) is 4.53. The van der Waals surface area contributed by atoms with Crippen molar-refractivity contribution in [3.05, 3.63) is 104 Å². The zero-order valence-electron chi connectivity index (χ0n) is 16.3. The van der Waals surface area contributed by atoms with E-state index in [1.165, 1.54) is 36.2 Å². The van der Waals surface area contributed by atoms with Crippen LogP contribution < -0.4 is 5.32 Å². The molecule has 0 atom stereocenters. The highest BCUT2D eigenvalue weighted by Gasteiger charge is 2.20. The molecule has 0 aliphatic rings. The number of amides is 2. The highest BCUT2D eigenvalue weighted by atomic mass is 35.5. The molecule has 0 saturated heterocycles. The number of nitrogens with zero attached hydrogens (tertiary/aromatic N) is 2. The molecule has 0 unspecified atom stereocenters. The summed E-state index contributed by atoms with van der Waals surface area (Å²) in [5.74, 6) is -1.47. The summed E-state index contributed by atoms with van der Waals surface area (Å²) in [5, 5.41) is 13.4. The van der Waals surface area contributed by atoms with E-state index in [9.17, 15) is 24.1 Å². The number of nitro benzene ring substituents is 1. The number of rotatable bonds is 6. The summed E-state index contributed by atoms with van der Waals surface area (Å²) in [6.45, 7) is 0.0436. The minimum atomic E-state index is -0.628. The average Bonchev–Trinajstić information content (AvgIpc) is 2.75. The normalized spacial score (nSPS) is 10.4. The monoisotopic (exact) mass is 441 g/mol. The van der Waals surface area contributed by atoms with E-state index in [4.69, 9.17) is 11.6 Å². The van der Waals surface area contributed by atoms with Crippen LogP contribution in [-0.4, -0.2) is 28.7 Å². The second kappa shape index (κ2) is 9.36. The van der Waals surface area contributed by atoms with Gasteiger partial charge in [-0.1, -0.05) is 41.9 Å². The molecule has 0 saturated carbocycles. The molecule has 3 rings (SSSR count). The third kappa shape index (κ3) is 5.04. The van der Waals surface area contributed by atoms with E-state index < -0.39 is 22.6 Å². The van der Waals surface area contributed by atoms with Crippen LogP contribution in [0.5, 0.6) is 0 Å². The Labute approximate surface area is 182 Å². The van der Waals surface area contributed by atoms with Crippen LogP contribution in [0, 0.1) is 15.9 Å². The van der Waals surface area contributed by atoms with Crippen molar-refractivity contribution in [3.63, 3.8) is 0 Å². The standard InChI is InChI=1S/C22H17ClFN3O4/c1-26(13-14-6-2-4-8-19(14)24)22(29)17-7-3-5-9-20(17)25-21(28)16-11-10-15(27(30)31)12-18(16)23/h2-12H,13H2,1H3,(H,25,28). The topological polar surface area (TPSA) is 92.6 Å². The van der Waals surface area contributed by atoms with Crippen LogP contribution >= 0.6 is 11.6 Å². The molecule has 2 amide bonds. The van der Waals surface area contributed by atoms with Gasteiger partial charge in [-0.15, -0.1) is 0 Å². The quantitative estimate of drug-likeness (QED) is 0.434. The Balaban J connectivity index is 1.81. The van der Waals surface area contributed by atoms with Crippen molar-refractivity contribution in [1.29, 1.82) is 0 Å². The number of hydrogen-bond donors (Lipinski definition) is 1. The van der Waals surface area contributed by atoms with Crippen molar-refractivity contribution < 1.29 is 18.9 Å². The van der Waals surface area contributed by atoms with Crippen LogP contribution in [0.3, 0.4) is 0 Å². The van der Waals surface area contributed by atoms with Crippen molar-refractivity contribution in [1.82, 2.24) is 4.90 Å². The zero-order chi connectivity index (χ0) is 22.5. The van der Waals surface area contributed by atoms with Crippen molar-refractivity contribution in [3.8, 4) is 0 Å². The maximum Gasteiger partial charge on any atom is 0.270 e. The number of nitro groups is 1. The molecular weight excluding hydrogens is 425 g/mol.